The van der Waals surface area contributed by atoms with E-state index in [0.717, 1.165) is 5.69 Å². The van der Waals surface area contributed by atoms with Crippen LogP contribution < -0.4 is 10.2 Å². The van der Waals surface area contributed by atoms with Gasteiger partial charge in [0.1, 0.15) is 11.4 Å². The summed E-state index contributed by atoms with van der Waals surface area (Å²) < 4.78 is 7.51. The van der Waals surface area contributed by atoms with Gasteiger partial charge in [0, 0.05) is 50.2 Å². The number of carbonyl (C=O) groups excluding carboxylic acids is 2. The van der Waals surface area contributed by atoms with Gasteiger partial charge in [0.25, 0.3) is 11.6 Å². The number of aromatic nitrogens is 2. The molecule has 0 atom stereocenters. The molecule has 1 aromatic heterocycles. The minimum atomic E-state index is -0.670. The van der Waals surface area contributed by atoms with Gasteiger partial charge in [0.15, 0.2) is 5.69 Å². The number of non-ortho nitro benzene ring substituents is 1. The molecule has 0 spiro atoms. The number of benzene rings is 3. The van der Waals surface area contributed by atoms with Crippen molar-refractivity contribution < 1.29 is 19.2 Å². The maximum Gasteiger partial charge on any atom is 0.410 e. The molecule has 0 unspecified atom stereocenters. The minimum absolute atomic E-state index is 0.00925. The zero-order valence-electron chi connectivity index (χ0n) is 23.7. The molecule has 2 heterocycles. The van der Waals surface area contributed by atoms with E-state index < -0.39 is 22.5 Å². The summed E-state index contributed by atoms with van der Waals surface area (Å²) in [6.07, 6.45) is -0.474. The van der Waals surface area contributed by atoms with Gasteiger partial charge in [-0.2, -0.15) is 0 Å². The van der Waals surface area contributed by atoms with Gasteiger partial charge in [0.2, 0.25) is 0 Å². The van der Waals surface area contributed by atoms with E-state index in [2.05, 4.69) is 5.32 Å². The van der Waals surface area contributed by atoms with Gasteiger partial charge in [-0.05, 0) is 56.5 Å². The molecule has 0 aliphatic carbocycles. The second kappa shape index (κ2) is 10.6. The highest BCUT2D eigenvalue weighted by molar-refractivity contribution is 6.05. The SMILES string of the molecule is CN(C)c1ccc(NC(=O)c2nc(-c3cccc4c([N+](=O)[O-])cccc34)n3c2CN(C(=O)OC(C)(C)C)CC3)cc1. The van der Waals surface area contributed by atoms with Crippen LogP contribution in [-0.2, 0) is 17.8 Å². The van der Waals surface area contributed by atoms with Crippen LogP contribution in [0.2, 0.25) is 0 Å². The highest BCUT2D eigenvalue weighted by Gasteiger charge is 2.32. The molecule has 11 heteroatoms. The predicted molar refractivity (Wildman–Crippen MR) is 157 cm³/mol. The Labute approximate surface area is 237 Å². The highest BCUT2D eigenvalue weighted by atomic mass is 16.6. The monoisotopic (exact) mass is 556 g/mol. The first-order valence-electron chi connectivity index (χ1n) is 13.3. The Balaban J connectivity index is 1.59. The number of nitro groups is 1. The number of nitrogens with one attached hydrogen (secondary N) is 1. The van der Waals surface area contributed by atoms with E-state index in [9.17, 15) is 19.7 Å². The molecule has 11 nitrogen and oxygen atoms in total. The summed E-state index contributed by atoms with van der Waals surface area (Å²) in [5.41, 5.74) is 2.30. The van der Waals surface area contributed by atoms with Crippen molar-refractivity contribution in [3.8, 4) is 11.4 Å². The first-order chi connectivity index (χ1) is 19.4. The predicted octanol–water partition coefficient (Wildman–Crippen LogP) is 5.68. The van der Waals surface area contributed by atoms with Crippen LogP contribution >= 0.6 is 0 Å². The second-order valence-corrected chi connectivity index (χ2v) is 11.1. The smallest absolute Gasteiger partial charge is 0.410 e. The second-order valence-electron chi connectivity index (χ2n) is 11.1. The third-order valence-electron chi connectivity index (χ3n) is 6.85. The maximum absolute atomic E-state index is 13.6. The summed E-state index contributed by atoms with van der Waals surface area (Å²) in [6.45, 7) is 6.25. The van der Waals surface area contributed by atoms with Crippen molar-refractivity contribution in [1.82, 2.24) is 14.5 Å². The van der Waals surface area contributed by atoms with Crippen molar-refractivity contribution in [2.75, 3.05) is 30.9 Å². The zero-order chi connectivity index (χ0) is 29.5. The highest BCUT2D eigenvalue weighted by Crippen LogP contribution is 2.35. The van der Waals surface area contributed by atoms with Crippen LogP contribution in [0.5, 0.6) is 0 Å². The molecule has 1 aliphatic heterocycles. The number of rotatable bonds is 5. The molecule has 0 bridgehead atoms. The Bertz CT molecular complexity index is 1650. The summed E-state index contributed by atoms with van der Waals surface area (Å²) in [7, 11) is 3.87. The van der Waals surface area contributed by atoms with Gasteiger partial charge < -0.3 is 24.4 Å². The number of nitro benzene ring substituents is 1. The molecule has 2 amide bonds. The largest absolute Gasteiger partial charge is 0.444 e. The van der Waals surface area contributed by atoms with Crippen LogP contribution in [0.3, 0.4) is 0 Å². The Hall–Kier alpha value is -4.93. The maximum atomic E-state index is 13.6. The van der Waals surface area contributed by atoms with E-state index in [1.807, 2.05) is 53.9 Å². The number of fused-ring (bicyclic) bond motifs is 2. The fourth-order valence-corrected chi connectivity index (χ4v) is 4.92. The van der Waals surface area contributed by atoms with Crippen LogP contribution in [0.25, 0.3) is 22.2 Å². The molecule has 5 rings (SSSR count). The number of hydrogen-bond donors (Lipinski definition) is 1. The number of nitrogens with zero attached hydrogens (tertiary/aromatic N) is 5. The van der Waals surface area contributed by atoms with Gasteiger partial charge in [-0.25, -0.2) is 9.78 Å². The van der Waals surface area contributed by atoms with Crippen molar-refractivity contribution >= 4 is 39.8 Å². The van der Waals surface area contributed by atoms with Crippen LogP contribution in [0.4, 0.5) is 21.9 Å². The Morgan fingerprint density at radius 2 is 1.68 bits per heavy atom. The Morgan fingerprint density at radius 3 is 2.34 bits per heavy atom. The van der Waals surface area contributed by atoms with Crippen molar-refractivity contribution in [2.45, 2.75) is 39.5 Å². The number of amides is 2. The number of ether oxygens (including phenoxy) is 1. The molecule has 1 N–H and O–H groups in total. The average Bonchev–Trinajstić information content (AvgIpc) is 3.30. The van der Waals surface area contributed by atoms with Crippen molar-refractivity contribution in [3.63, 3.8) is 0 Å². The number of anilines is 2. The number of imidazole rings is 1. The van der Waals surface area contributed by atoms with E-state index >= 15 is 0 Å². The summed E-state index contributed by atoms with van der Waals surface area (Å²) in [6, 6.07) is 17.6. The first-order valence-corrected chi connectivity index (χ1v) is 13.3. The third kappa shape index (κ3) is 5.56. The standard InChI is InChI=1S/C30H32N6O5/c1-30(2,3)41-29(38)34-16-17-35-25(18-34)26(28(37)31-19-12-14-20(15-13-19)33(4)5)32-27(35)23-10-6-9-22-21(23)8-7-11-24(22)36(39)40/h6-15H,16-18H2,1-5H3,(H,31,37). The van der Waals surface area contributed by atoms with Gasteiger partial charge in [-0.1, -0.05) is 24.3 Å². The lowest BCUT2D eigenvalue weighted by molar-refractivity contribution is -0.383. The normalized spacial score (nSPS) is 13.0. The quantitative estimate of drug-likeness (QED) is 0.248. The summed E-state index contributed by atoms with van der Waals surface area (Å²) in [4.78, 5) is 46.2. The van der Waals surface area contributed by atoms with Crippen LogP contribution in [-0.4, -0.2) is 57.6 Å². The van der Waals surface area contributed by atoms with Gasteiger partial charge >= 0.3 is 6.09 Å². The molecular weight excluding hydrogens is 524 g/mol. The fraction of sp³-hybridized carbons (Fsp3) is 0.300. The third-order valence-corrected chi connectivity index (χ3v) is 6.85. The number of carbonyl (C=O) groups is 2. The average molecular weight is 557 g/mol. The van der Waals surface area contributed by atoms with E-state index in [1.54, 1.807) is 49.9 Å². The van der Waals surface area contributed by atoms with Crippen LogP contribution in [0.1, 0.15) is 37.0 Å². The summed E-state index contributed by atoms with van der Waals surface area (Å²) in [5.74, 6) is 0.0814. The molecule has 0 saturated carbocycles. The van der Waals surface area contributed by atoms with E-state index in [4.69, 9.17) is 9.72 Å². The topological polar surface area (TPSA) is 123 Å². The Kier molecular flexibility index (Phi) is 7.12. The molecule has 4 aromatic rings. The van der Waals surface area contributed by atoms with E-state index in [-0.39, 0.29) is 17.9 Å². The summed E-state index contributed by atoms with van der Waals surface area (Å²) in [5, 5.41) is 15.8. The minimum Gasteiger partial charge on any atom is -0.444 e. The van der Waals surface area contributed by atoms with Crippen molar-refractivity contribution in [1.29, 1.82) is 0 Å². The van der Waals surface area contributed by atoms with Gasteiger partial charge in [0.05, 0.1) is 22.5 Å². The van der Waals surface area contributed by atoms with Gasteiger partial charge in [-0.15, -0.1) is 0 Å². The fourth-order valence-electron chi connectivity index (χ4n) is 4.92. The number of hydrogen-bond acceptors (Lipinski definition) is 7. The van der Waals surface area contributed by atoms with E-state index in [1.165, 1.54) is 6.07 Å². The molecule has 41 heavy (non-hydrogen) atoms. The lowest BCUT2D eigenvalue weighted by Gasteiger charge is -2.31. The lowest BCUT2D eigenvalue weighted by atomic mass is 10.0. The van der Waals surface area contributed by atoms with Gasteiger partial charge in [-0.3, -0.25) is 14.9 Å². The molecule has 0 fully saturated rings. The molecule has 212 valence electrons. The molecule has 1 aliphatic rings. The van der Waals surface area contributed by atoms with Crippen molar-refractivity contribution in [3.05, 3.63) is 82.2 Å². The summed E-state index contributed by atoms with van der Waals surface area (Å²) >= 11 is 0. The zero-order valence-corrected chi connectivity index (χ0v) is 23.7. The molecule has 0 radical (unpaired) electrons. The molecule has 0 saturated heterocycles. The Morgan fingerprint density at radius 1 is 1.00 bits per heavy atom. The molecular formula is C30H32N6O5. The van der Waals surface area contributed by atoms with Crippen LogP contribution in [0.15, 0.2) is 60.7 Å². The van der Waals surface area contributed by atoms with Crippen LogP contribution in [0, 0.1) is 10.1 Å². The van der Waals surface area contributed by atoms with Crippen molar-refractivity contribution in [2.24, 2.45) is 0 Å². The first kappa shape index (κ1) is 27.6. The lowest BCUT2D eigenvalue weighted by Crippen LogP contribution is -2.42. The van der Waals surface area contributed by atoms with E-state index in [0.29, 0.717) is 46.6 Å². The molecule has 3 aromatic carbocycles.